The first-order valence-corrected chi connectivity index (χ1v) is 8.09. The number of fused-ring (bicyclic) bond motifs is 2. The molecule has 0 aliphatic rings. The summed E-state index contributed by atoms with van der Waals surface area (Å²) in [6.45, 7) is 0. The molecule has 1 N–H and O–H groups in total. The summed E-state index contributed by atoms with van der Waals surface area (Å²) in [5.41, 5.74) is 1.67. The third-order valence-corrected chi connectivity index (χ3v) is 4.55. The van der Waals surface area contributed by atoms with Gasteiger partial charge in [0.25, 0.3) is 0 Å². The van der Waals surface area contributed by atoms with Gasteiger partial charge in [0, 0.05) is 5.56 Å². The summed E-state index contributed by atoms with van der Waals surface area (Å²) < 4.78 is 10.9. The van der Waals surface area contributed by atoms with E-state index >= 15 is 0 Å². The van der Waals surface area contributed by atoms with Gasteiger partial charge in [-0.25, -0.2) is 0 Å². The molecule has 0 unspecified atom stereocenters. The molecule has 4 rings (SSSR count). The largest absolute Gasteiger partial charge is 0.504 e. The van der Waals surface area contributed by atoms with Crippen molar-refractivity contribution in [1.29, 1.82) is 0 Å². The molecule has 0 radical (unpaired) electrons. The lowest BCUT2D eigenvalue weighted by Crippen LogP contribution is -1.91. The Labute approximate surface area is 146 Å². The van der Waals surface area contributed by atoms with Gasteiger partial charge in [-0.05, 0) is 45.3 Å². The zero-order valence-electron chi connectivity index (χ0n) is 14.1. The van der Waals surface area contributed by atoms with Crippen LogP contribution in [0.5, 0.6) is 17.2 Å². The molecule has 0 saturated heterocycles. The van der Waals surface area contributed by atoms with Crippen LogP contribution in [0.15, 0.2) is 66.7 Å². The molecule has 0 atom stereocenters. The van der Waals surface area contributed by atoms with E-state index in [1.807, 2.05) is 60.7 Å². The van der Waals surface area contributed by atoms with E-state index in [-0.39, 0.29) is 5.75 Å². The third kappa shape index (κ3) is 2.45. The number of methoxy groups -OCH3 is 2. The van der Waals surface area contributed by atoms with Gasteiger partial charge < -0.3 is 14.6 Å². The summed E-state index contributed by atoms with van der Waals surface area (Å²) in [5.74, 6) is 1.35. The predicted octanol–water partition coefficient (Wildman–Crippen LogP) is 5.38. The monoisotopic (exact) mass is 330 g/mol. The number of hydrogen-bond donors (Lipinski definition) is 1. The van der Waals surface area contributed by atoms with Gasteiger partial charge in [0.2, 0.25) is 0 Å². The van der Waals surface area contributed by atoms with E-state index < -0.39 is 0 Å². The first-order valence-electron chi connectivity index (χ1n) is 8.09. The molecule has 0 saturated carbocycles. The van der Waals surface area contributed by atoms with Crippen molar-refractivity contribution in [3.05, 3.63) is 66.7 Å². The first kappa shape index (κ1) is 15.3. The highest BCUT2D eigenvalue weighted by atomic mass is 16.5. The van der Waals surface area contributed by atoms with Crippen LogP contribution in [0.1, 0.15) is 0 Å². The SMILES string of the molecule is COc1cc(-c2c(O)c(OC)cc3ccccc23)c2ccccc2c1. The summed E-state index contributed by atoms with van der Waals surface area (Å²) in [7, 11) is 3.22. The molecule has 124 valence electrons. The van der Waals surface area contributed by atoms with Crippen LogP contribution in [-0.2, 0) is 0 Å². The van der Waals surface area contributed by atoms with Crippen LogP contribution < -0.4 is 9.47 Å². The van der Waals surface area contributed by atoms with Crippen molar-refractivity contribution in [1.82, 2.24) is 0 Å². The van der Waals surface area contributed by atoms with Crippen molar-refractivity contribution >= 4 is 21.5 Å². The fraction of sp³-hybridized carbons (Fsp3) is 0.0909. The Kier molecular flexibility index (Phi) is 3.69. The molecule has 4 aromatic rings. The van der Waals surface area contributed by atoms with Gasteiger partial charge in [-0.15, -0.1) is 0 Å². The molecule has 0 amide bonds. The topological polar surface area (TPSA) is 38.7 Å². The first-order chi connectivity index (χ1) is 12.2. The van der Waals surface area contributed by atoms with E-state index in [1.54, 1.807) is 14.2 Å². The quantitative estimate of drug-likeness (QED) is 0.548. The van der Waals surface area contributed by atoms with Crippen molar-refractivity contribution in [2.24, 2.45) is 0 Å². The molecule has 0 aliphatic heterocycles. The van der Waals surface area contributed by atoms with Crippen molar-refractivity contribution in [2.75, 3.05) is 14.2 Å². The molecule has 25 heavy (non-hydrogen) atoms. The number of phenolic OH excluding ortho intramolecular Hbond substituents is 1. The van der Waals surface area contributed by atoms with Gasteiger partial charge in [0.05, 0.1) is 14.2 Å². The lowest BCUT2D eigenvalue weighted by molar-refractivity contribution is 0.375. The average molecular weight is 330 g/mol. The Morgan fingerprint density at radius 3 is 2.04 bits per heavy atom. The zero-order valence-corrected chi connectivity index (χ0v) is 14.1. The summed E-state index contributed by atoms with van der Waals surface area (Å²) in [5, 5.41) is 15.0. The summed E-state index contributed by atoms with van der Waals surface area (Å²) >= 11 is 0. The highest BCUT2D eigenvalue weighted by Gasteiger charge is 2.18. The Balaban J connectivity index is 2.18. The lowest BCUT2D eigenvalue weighted by Gasteiger charge is -2.16. The second-order valence-corrected chi connectivity index (χ2v) is 5.92. The number of aromatic hydroxyl groups is 1. The van der Waals surface area contributed by atoms with E-state index in [0.29, 0.717) is 5.75 Å². The van der Waals surface area contributed by atoms with Gasteiger partial charge in [-0.3, -0.25) is 0 Å². The molecule has 3 nitrogen and oxygen atoms in total. The maximum absolute atomic E-state index is 10.9. The van der Waals surface area contributed by atoms with E-state index in [0.717, 1.165) is 38.4 Å². The van der Waals surface area contributed by atoms with Crippen LogP contribution >= 0.6 is 0 Å². The minimum atomic E-state index is 0.139. The fourth-order valence-electron chi connectivity index (χ4n) is 3.35. The Morgan fingerprint density at radius 2 is 1.36 bits per heavy atom. The van der Waals surface area contributed by atoms with E-state index in [2.05, 4.69) is 6.07 Å². The number of phenols is 1. The van der Waals surface area contributed by atoms with Crippen molar-refractivity contribution < 1.29 is 14.6 Å². The smallest absolute Gasteiger partial charge is 0.166 e. The van der Waals surface area contributed by atoms with Crippen LogP contribution in [0.25, 0.3) is 32.7 Å². The number of ether oxygens (including phenoxy) is 2. The van der Waals surface area contributed by atoms with E-state index in [1.165, 1.54) is 0 Å². The molecule has 4 aromatic carbocycles. The number of hydrogen-bond acceptors (Lipinski definition) is 3. The third-order valence-electron chi connectivity index (χ3n) is 4.55. The highest BCUT2D eigenvalue weighted by molar-refractivity contribution is 6.09. The Bertz CT molecular complexity index is 1080. The molecule has 0 fully saturated rings. The van der Waals surface area contributed by atoms with Crippen LogP contribution in [0, 0.1) is 0 Å². The second-order valence-electron chi connectivity index (χ2n) is 5.92. The van der Waals surface area contributed by atoms with Crippen LogP contribution in [0.4, 0.5) is 0 Å². The van der Waals surface area contributed by atoms with Gasteiger partial charge in [-0.1, -0.05) is 48.5 Å². The number of benzene rings is 4. The minimum absolute atomic E-state index is 0.139. The average Bonchev–Trinajstić information content (AvgIpc) is 2.66. The molecule has 0 aliphatic carbocycles. The van der Waals surface area contributed by atoms with Gasteiger partial charge in [-0.2, -0.15) is 0 Å². The van der Waals surface area contributed by atoms with Gasteiger partial charge in [0.15, 0.2) is 11.5 Å². The number of rotatable bonds is 3. The van der Waals surface area contributed by atoms with Crippen molar-refractivity contribution in [3.63, 3.8) is 0 Å². The van der Waals surface area contributed by atoms with E-state index in [4.69, 9.17) is 9.47 Å². The summed E-state index contributed by atoms with van der Waals surface area (Å²) in [6, 6.07) is 21.9. The molecular formula is C22H18O3. The molecule has 0 aromatic heterocycles. The van der Waals surface area contributed by atoms with Crippen molar-refractivity contribution in [2.45, 2.75) is 0 Å². The minimum Gasteiger partial charge on any atom is -0.504 e. The predicted molar refractivity (Wildman–Crippen MR) is 102 cm³/mol. The summed E-state index contributed by atoms with van der Waals surface area (Å²) in [4.78, 5) is 0. The van der Waals surface area contributed by atoms with Crippen LogP contribution in [-0.4, -0.2) is 19.3 Å². The summed E-state index contributed by atoms with van der Waals surface area (Å²) in [6.07, 6.45) is 0. The Morgan fingerprint density at radius 1 is 0.720 bits per heavy atom. The van der Waals surface area contributed by atoms with Gasteiger partial charge >= 0.3 is 0 Å². The maximum atomic E-state index is 10.9. The normalized spacial score (nSPS) is 11.0. The molecule has 3 heteroatoms. The van der Waals surface area contributed by atoms with Crippen LogP contribution in [0.2, 0.25) is 0 Å². The standard InChI is InChI=1S/C22H18O3/c1-24-16-11-14-7-3-5-9-17(14)19(13-16)21-18-10-6-4-8-15(18)12-20(25-2)22(21)23/h3-13,23H,1-2H3. The Hall–Kier alpha value is -3.20. The fourth-order valence-corrected chi connectivity index (χ4v) is 3.35. The molecule has 0 bridgehead atoms. The van der Waals surface area contributed by atoms with Crippen molar-refractivity contribution in [3.8, 4) is 28.4 Å². The zero-order chi connectivity index (χ0) is 17.4. The lowest BCUT2D eigenvalue weighted by atomic mass is 9.92. The van der Waals surface area contributed by atoms with Gasteiger partial charge in [0.1, 0.15) is 5.75 Å². The highest BCUT2D eigenvalue weighted by Crippen LogP contribution is 2.46. The maximum Gasteiger partial charge on any atom is 0.166 e. The second kappa shape index (κ2) is 6.02. The molecular weight excluding hydrogens is 312 g/mol. The van der Waals surface area contributed by atoms with Crippen LogP contribution in [0.3, 0.4) is 0 Å². The molecule has 0 heterocycles. The molecule has 0 spiro atoms. The van der Waals surface area contributed by atoms with E-state index in [9.17, 15) is 5.11 Å².